The smallest absolute Gasteiger partial charge is 0.203 e. The maximum absolute atomic E-state index is 5.74. The topological polar surface area (TPSA) is 43.8 Å². The first-order chi connectivity index (χ1) is 20.3. The molecule has 1 aromatic heterocycles. The normalized spacial score (nSPS) is 15.9. The fraction of sp³-hybridized carbons (Fsp3) is 0.417. The van der Waals surface area contributed by atoms with E-state index in [1.165, 1.54) is 30.4 Å². The van der Waals surface area contributed by atoms with Crippen molar-refractivity contribution in [1.29, 1.82) is 0 Å². The van der Waals surface area contributed by atoms with Crippen molar-refractivity contribution >= 4 is 11.3 Å². The highest BCUT2D eigenvalue weighted by Gasteiger charge is 2.22. The van der Waals surface area contributed by atoms with Gasteiger partial charge in [0.05, 0.1) is 27.0 Å². The van der Waals surface area contributed by atoms with Gasteiger partial charge in [-0.3, -0.25) is 4.90 Å². The third-order valence-corrected chi connectivity index (χ3v) is 9.27. The number of likely N-dealkylation sites (tertiary alicyclic amines) is 1. The minimum absolute atomic E-state index is 0.207. The Morgan fingerprint density at radius 3 is 2.38 bits per heavy atom. The molecule has 0 amide bonds. The molecule has 0 unspecified atom stereocenters. The van der Waals surface area contributed by atoms with E-state index >= 15 is 0 Å². The summed E-state index contributed by atoms with van der Waals surface area (Å²) in [5, 5.41) is 3.26. The van der Waals surface area contributed by atoms with Gasteiger partial charge in [0, 0.05) is 29.6 Å². The zero-order valence-electron chi connectivity index (χ0n) is 25.9. The summed E-state index contributed by atoms with van der Waals surface area (Å²) in [5.41, 5.74) is 7.34. The van der Waals surface area contributed by atoms with Gasteiger partial charge < -0.3 is 14.2 Å². The van der Waals surface area contributed by atoms with Gasteiger partial charge in [-0.25, -0.2) is 4.98 Å². The molecule has 1 aliphatic rings. The number of nitrogens with zero attached hydrogens (tertiary/aromatic N) is 2. The van der Waals surface area contributed by atoms with Crippen LogP contribution >= 0.6 is 11.3 Å². The Morgan fingerprint density at radius 1 is 0.905 bits per heavy atom. The van der Waals surface area contributed by atoms with Crippen LogP contribution in [-0.2, 0) is 18.4 Å². The molecule has 0 aliphatic carbocycles. The second-order valence-electron chi connectivity index (χ2n) is 12.3. The number of hydrogen-bond donors (Lipinski definition) is 0. The molecule has 6 heteroatoms. The van der Waals surface area contributed by atoms with Gasteiger partial charge >= 0.3 is 0 Å². The molecule has 0 spiro atoms. The Morgan fingerprint density at radius 2 is 1.67 bits per heavy atom. The Hall–Kier alpha value is -3.35. The quantitative estimate of drug-likeness (QED) is 0.187. The molecule has 0 saturated carbocycles. The zero-order chi connectivity index (χ0) is 29.7. The van der Waals surface area contributed by atoms with Crippen molar-refractivity contribution in [3.05, 3.63) is 82.9 Å². The summed E-state index contributed by atoms with van der Waals surface area (Å²) in [6.07, 6.45) is 5.00. The molecule has 1 saturated heterocycles. The molecule has 0 N–H and O–H groups in total. The number of rotatable bonds is 10. The monoisotopic (exact) mass is 584 g/mol. The third-order valence-electron chi connectivity index (χ3n) is 8.33. The van der Waals surface area contributed by atoms with Crippen LogP contribution in [0.5, 0.6) is 17.2 Å². The number of hydrogen-bond acceptors (Lipinski definition) is 6. The van der Waals surface area contributed by atoms with Crippen molar-refractivity contribution in [2.24, 2.45) is 5.92 Å². The number of benzene rings is 3. The van der Waals surface area contributed by atoms with E-state index in [4.69, 9.17) is 19.2 Å². The predicted octanol–water partition coefficient (Wildman–Crippen LogP) is 8.65. The molecule has 1 fully saturated rings. The summed E-state index contributed by atoms with van der Waals surface area (Å²) in [6, 6.07) is 21.7. The molecule has 222 valence electrons. The molecule has 5 nitrogen and oxygen atoms in total. The molecule has 5 rings (SSSR count). The lowest BCUT2D eigenvalue weighted by Crippen LogP contribution is -2.35. The minimum Gasteiger partial charge on any atom is -0.493 e. The standard InChI is InChI=1S/C36H44N2O3S/c1-36(2,3)29-16-14-25(15-17-29)12-13-26-9-8-20-38(22-26)23-30-24-42-35(37-30)28-11-7-10-27(21-28)31-18-19-32(39-4)34(41-6)33(31)40-5/h7,10-11,14-19,21,24,26H,8-9,12-13,20,22-23H2,1-6H3/t26-/m1/s1. The minimum atomic E-state index is 0.207. The Balaban J connectivity index is 1.22. The average Bonchev–Trinajstić information content (AvgIpc) is 3.47. The number of ether oxygens (including phenoxy) is 3. The molecule has 0 bridgehead atoms. The largest absolute Gasteiger partial charge is 0.493 e. The van der Waals surface area contributed by atoms with Gasteiger partial charge in [0.25, 0.3) is 0 Å². The van der Waals surface area contributed by atoms with Gasteiger partial charge in [0.1, 0.15) is 5.01 Å². The number of thiazole rings is 1. The van der Waals surface area contributed by atoms with Crippen molar-refractivity contribution in [3.8, 4) is 38.9 Å². The number of aryl methyl sites for hydroxylation is 1. The Bertz CT molecular complexity index is 1470. The number of piperidine rings is 1. The Labute approximate surface area is 255 Å². The summed E-state index contributed by atoms with van der Waals surface area (Å²) in [4.78, 5) is 7.66. The van der Waals surface area contributed by atoms with Crippen LogP contribution in [0.1, 0.15) is 56.9 Å². The fourth-order valence-corrected chi connectivity index (χ4v) is 6.77. The predicted molar refractivity (Wildman–Crippen MR) is 174 cm³/mol. The molecule has 0 radical (unpaired) electrons. The van der Waals surface area contributed by atoms with E-state index in [2.05, 4.69) is 79.6 Å². The lowest BCUT2D eigenvalue weighted by Gasteiger charge is -2.32. The molecular weight excluding hydrogens is 540 g/mol. The summed E-state index contributed by atoms with van der Waals surface area (Å²) in [7, 11) is 4.93. The van der Waals surface area contributed by atoms with Gasteiger partial charge in [-0.15, -0.1) is 11.3 Å². The molecule has 42 heavy (non-hydrogen) atoms. The highest BCUT2D eigenvalue weighted by atomic mass is 32.1. The SMILES string of the molecule is COc1ccc(-c2cccc(-c3nc(CN4CCC[C@H](CCc5ccc(C(C)(C)C)cc5)C4)cs3)c2)c(OC)c1OC. The maximum atomic E-state index is 5.74. The number of aromatic nitrogens is 1. The van der Waals surface area contributed by atoms with Crippen molar-refractivity contribution < 1.29 is 14.2 Å². The van der Waals surface area contributed by atoms with E-state index in [1.54, 1.807) is 32.7 Å². The van der Waals surface area contributed by atoms with Gasteiger partial charge in [-0.1, -0.05) is 63.2 Å². The molecular formula is C36H44N2O3S. The van der Waals surface area contributed by atoms with E-state index in [1.807, 2.05) is 12.1 Å². The molecule has 3 aromatic carbocycles. The molecule has 4 aromatic rings. The summed E-state index contributed by atoms with van der Waals surface area (Å²) in [6.45, 7) is 10.0. The maximum Gasteiger partial charge on any atom is 0.203 e. The lowest BCUT2D eigenvalue weighted by molar-refractivity contribution is 0.160. The average molecular weight is 585 g/mol. The van der Waals surface area contributed by atoms with Crippen LogP contribution < -0.4 is 14.2 Å². The molecule has 1 aliphatic heterocycles. The van der Waals surface area contributed by atoms with Gasteiger partial charge in [0.15, 0.2) is 11.5 Å². The van der Waals surface area contributed by atoms with Crippen molar-refractivity contribution in [2.45, 2.75) is 58.4 Å². The van der Waals surface area contributed by atoms with E-state index < -0.39 is 0 Å². The lowest BCUT2D eigenvalue weighted by atomic mass is 9.86. The van der Waals surface area contributed by atoms with Crippen molar-refractivity contribution in [1.82, 2.24) is 9.88 Å². The van der Waals surface area contributed by atoms with Crippen LogP contribution in [-0.4, -0.2) is 44.3 Å². The highest BCUT2D eigenvalue weighted by Crippen LogP contribution is 2.45. The van der Waals surface area contributed by atoms with Crippen LogP contribution in [0.25, 0.3) is 21.7 Å². The van der Waals surface area contributed by atoms with Gasteiger partial charge in [0.2, 0.25) is 5.75 Å². The van der Waals surface area contributed by atoms with E-state index in [-0.39, 0.29) is 5.41 Å². The van der Waals surface area contributed by atoms with Gasteiger partial charge in [-0.05, 0) is 78.5 Å². The van der Waals surface area contributed by atoms with Crippen LogP contribution in [0, 0.1) is 5.92 Å². The Kier molecular flexibility index (Phi) is 9.54. The van der Waals surface area contributed by atoms with Crippen molar-refractivity contribution in [3.63, 3.8) is 0 Å². The second-order valence-corrected chi connectivity index (χ2v) is 13.2. The van der Waals surface area contributed by atoms with Gasteiger partial charge in [-0.2, -0.15) is 0 Å². The summed E-state index contributed by atoms with van der Waals surface area (Å²) < 4.78 is 16.8. The highest BCUT2D eigenvalue weighted by molar-refractivity contribution is 7.13. The van der Waals surface area contributed by atoms with Crippen LogP contribution in [0.15, 0.2) is 66.0 Å². The van der Waals surface area contributed by atoms with Crippen molar-refractivity contribution in [2.75, 3.05) is 34.4 Å². The molecule has 1 atom stereocenters. The summed E-state index contributed by atoms with van der Waals surface area (Å²) >= 11 is 1.72. The van der Waals surface area contributed by atoms with E-state index in [0.717, 1.165) is 59.4 Å². The zero-order valence-corrected chi connectivity index (χ0v) is 26.7. The van der Waals surface area contributed by atoms with Crippen LogP contribution in [0.2, 0.25) is 0 Å². The first-order valence-corrected chi connectivity index (χ1v) is 15.8. The third kappa shape index (κ3) is 6.99. The first kappa shape index (κ1) is 30.1. The van der Waals surface area contributed by atoms with E-state index in [0.29, 0.717) is 17.2 Å². The first-order valence-electron chi connectivity index (χ1n) is 14.9. The fourth-order valence-electron chi connectivity index (χ4n) is 5.96. The molecule has 2 heterocycles. The summed E-state index contributed by atoms with van der Waals surface area (Å²) in [5.74, 6) is 2.65. The van der Waals surface area contributed by atoms with Crippen LogP contribution in [0.4, 0.5) is 0 Å². The number of methoxy groups -OCH3 is 3. The second kappa shape index (κ2) is 13.3. The van der Waals surface area contributed by atoms with Crippen LogP contribution in [0.3, 0.4) is 0 Å². The van der Waals surface area contributed by atoms with E-state index in [9.17, 15) is 0 Å².